The highest BCUT2D eigenvalue weighted by Crippen LogP contribution is 2.25. The smallest absolute Gasteiger partial charge is 0.160 e. The molecule has 0 amide bonds. The summed E-state index contributed by atoms with van der Waals surface area (Å²) in [7, 11) is -1.18. The Balaban J connectivity index is 1.32. The van der Waals surface area contributed by atoms with Crippen molar-refractivity contribution in [3.05, 3.63) is 107 Å². The third-order valence-electron chi connectivity index (χ3n) is 7.22. The molecule has 1 heterocycles. The van der Waals surface area contributed by atoms with Crippen molar-refractivity contribution in [2.75, 3.05) is 19.8 Å². The number of benzene rings is 3. The summed E-state index contributed by atoms with van der Waals surface area (Å²) in [5, 5.41) is 0. The van der Waals surface area contributed by atoms with Crippen molar-refractivity contribution in [2.24, 2.45) is 0 Å². The Morgan fingerprint density at radius 1 is 0.930 bits per heavy atom. The van der Waals surface area contributed by atoms with E-state index in [1.165, 1.54) is 0 Å². The molecule has 0 aliphatic heterocycles. The molecule has 1 atom stereocenters. The largest absolute Gasteiger partial charge is 0.491 e. The van der Waals surface area contributed by atoms with Crippen LogP contribution in [0.5, 0.6) is 5.75 Å². The number of nitrogens with zero attached hydrogens (tertiary/aromatic N) is 2. The van der Waals surface area contributed by atoms with Crippen LogP contribution in [-0.4, -0.2) is 39.4 Å². The van der Waals surface area contributed by atoms with E-state index in [-0.39, 0.29) is 12.2 Å². The van der Waals surface area contributed by atoms with Crippen LogP contribution in [0.15, 0.2) is 84.0 Å². The van der Waals surface area contributed by atoms with Crippen LogP contribution in [0.2, 0.25) is 0 Å². The van der Waals surface area contributed by atoms with E-state index >= 15 is 0 Å². The maximum atomic E-state index is 13.0. The molecular formula is C36H42N2O4S. The summed E-state index contributed by atoms with van der Waals surface area (Å²) in [5.41, 5.74) is 7.06. The summed E-state index contributed by atoms with van der Waals surface area (Å²) < 4.78 is 26.3. The minimum absolute atomic E-state index is 0.0135. The van der Waals surface area contributed by atoms with Gasteiger partial charge in [0.1, 0.15) is 12.4 Å². The second-order valence-corrected chi connectivity index (χ2v) is 12.1. The topological polar surface area (TPSA) is 70.4 Å². The molecule has 6 nitrogen and oxygen atoms in total. The number of carbonyl (C=O) groups is 1. The maximum Gasteiger partial charge on any atom is 0.160 e. The monoisotopic (exact) mass is 598 g/mol. The van der Waals surface area contributed by atoms with Gasteiger partial charge in [-0.25, -0.2) is 4.98 Å². The SMILES string of the molecule is CCCCOCCOc1ccc(-c2cc(C)cc(/C=C/C(=O)Cc3ccc([S@@](=O)Cc4c(C)ncn4CC)cc3)c2)cc1. The third-order valence-corrected chi connectivity index (χ3v) is 8.55. The number of hydrogen-bond donors (Lipinski definition) is 0. The second-order valence-electron chi connectivity index (χ2n) is 10.6. The van der Waals surface area contributed by atoms with Gasteiger partial charge in [0.25, 0.3) is 0 Å². The first-order chi connectivity index (χ1) is 20.9. The highest BCUT2D eigenvalue weighted by molar-refractivity contribution is 7.84. The van der Waals surface area contributed by atoms with E-state index in [9.17, 15) is 9.00 Å². The van der Waals surface area contributed by atoms with Crippen LogP contribution in [0.4, 0.5) is 0 Å². The molecule has 0 N–H and O–H groups in total. The minimum Gasteiger partial charge on any atom is -0.491 e. The van der Waals surface area contributed by atoms with Crippen molar-refractivity contribution in [2.45, 2.75) is 64.2 Å². The molecule has 4 aromatic rings. The lowest BCUT2D eigenvalue weighted by molar-refractivity contribution is -0.113. The first-order valence-corrected chi connectivity index (χ1v) is 16.3. The van der Waals surface area contributed by atoms with E-state index in [2.05, 4.69) is 49.2 Å². The lowest BCUT2D eigenvalue weighted by Crippen LogP contribution is -2.07. The predicted octanol–water partition coefficient (Wildman–Crippen LogP) is 7.52. The highest BCUT2D eigenvalue weighted by atomic mass is 32.2. The molecule has 0 bridgehead atoms. The molecule has 0 unspecified atom stereocenters. The summed E-state index contributed by atoms with van der Waals surface area (Å²) in [6.45, 7) is 10.9. The van der Waals surface area contributed by atoms with Gasteiger partial charge in [-0.1, -0.05) is 55.8 Å². The zero-order chi connectivity index (χ0) is 30.6. The molecule has 0 fully saturated rings. The number of carbonyl (C=O) groups excluding carboxylic acids is 1. The summed E-state index contributed by atoms with van der Waals surface area (Å²) >= 11 is 0. The van der Waals surface area contributed by atoms with Gasteiger partial charge in [0.15, 0.2) is 5.78 Å². The molecule has 0 aliphatic rings. The Kier molecular flexibility index (Phi) is 12.1. The van der Waals surface area contributed by atoms with Crippen LogP contribution in [0.1, 0.15) is 54.8 Å². The van der Waals surface area contributed by atoms with Crippen LogP contribution in [0.25, 0.3) is 17.2 Å². The number of ketones is 1. The van der Waals surface area contributed by atoms with Crippen LogP contribution < -0.4 is 4.74 Å². The lowest BCUT2D eigenvalue weighted by atomic mass is 9.99. The number of ether oxygens (including phenoxy) is 2. The summed E-state index contributed by atoms with van der Waals surface area (Å²) in [6.07, 6.45) is 7.79. The fourth-order valence-corrected chi connectivity index (χ4v) is 6.00. The summed E-state index contributed by atoms with van der Waals surface area (Å²) in [6, 6.07) is 21.8. The van der Waals surface area contributed by atoms with Gasteiger partial charge in [-0.05, 0) is 91.4 Å². The number of aromatic nitrogens is 2. The average Bonchev–Trinajstić information content (AvgIpc) is 3.36. The highest BCUT2D eigenvalue weighted by Gasteiger charge is 2.12. The molecule has 0 spiro atoms. The van der Waals surface area contributed by atoms with Gasteiger partial charge in [0, 0.05) is 24.5 Å². The normalized spacial score (nSPS) is 12.1. The van der Waals surface area contributed by atoms with E-state index in [1.54, 1.807) is 12.4 Å². The minimum atomic E-state index is -1.18. The molecule has 1 aromatic heterocycles. The van der Waals surface area contributed by atoms with Gasteiger partial charge < -0.3 is 14.0 Å². The maximum absolute atomic E-state index is 13.0. The van der Waals surface area contributed by atoms with Gasteiger partial charge in [-0.2, -0.15) is 0 Å². The number of rotatable bonds is 16. The third kappa shape index (κ3) is 9.60. The van der Waals surface area contributed by atoms with E-state index < -0.39 is 10.8 Å². The second kappa shape index (κ2) is 16.1. The molecule has 0 radical (unpaired) electrons. The van der Waals surface area contributed by atoms with E-state index in [1.807, 2.05) is 60.9 Å². The zero-order valence-corrected chi connectivity index (χ0v) is 26.5. The van der Waals surface area contributed by atoms with Crippen molar-refractivity contribution in [1.82, 2.24) is 9.55 Å². The summed E-state index contributed by atoms with van der Waals surface area (Å²) in [5.74, 6) is 1.25. The average molecular weight is 599 g/mol. The number of hydrogen-bond acceptors (Lipinski definition) is 5. The Labute approximate surface area is 258 Å². The Morgan fingerprint density at radius 3 is 2.42 bits per heavy atom. The van der Waals surface area contributed by atoms with Gasteiger partial charge in [0.05, 0.1) is 40.9 Å². The number of aryl methyl sites for hydroxylation is 3. The molecule has 226 valence electrons. The van der Waals surface area contributed by atoms with Crippen molar-refractivity contribution < 1.29 is 18.5 Å². The molecule has 0 saturated heterocycles. The molecular weight excluding hydrogens is 556 g/mol. The molecule has 7 heteroatoms. The Morgan fingerprint density at radius 2 is 1.70 bits per heavy atom. The van der Waals surface area contributed by atoms with Crippen molar-refractivity contribution in [1.29, 1.82) is 0 Å². The van der Waals surface area contributed by atoms with Crippen LogP contribution >= 0.6 is 0 Å². The first-order valence-electron chi connectivity index (χ1n) is 15.0. The Bertz CT molecular complexity index is 1540. The van der Waals surface area contributed by atoms with Gasteiger partial charge in [-0.15, -0.1) is 0 Å². The predicted molar refractivity (Wildman–Crippen MR) is 175 cm³/mol. The molecule has 43 heavy (non-hydrogen) atoms. The van der Waals surface area contributed by atoms with Gasteiger partial charge >= 0.3 is 0 Å². The van der Waals surface area contributed by atoms with Crippen LogP contribution in [0, 0.1) is 13.8 Å². The van der Waals surface area contributed by atoms with Gasteiger partial charge in [-0.3, -0.25) is 9.00 Å². The van der Waals surface area contributed by atoms with E-state index in [4.69, 9.17) is 9.47 Å². The fraction of sp³-hybridized carbons (Fsp3) is 0.333. The fourth-order valence-electron chi connectivity index (χ4n) is 4.77. The molecule has 4 rings (SSSR count). The zero-order valence-electron chi connectivity index (χ0n) is 25.7. The summed E-state index contributed by atoms with van der Waals surface area (Å²) in [4.78, 5) is 17.9. The number of unbranched alkanes of at least 4 members (excludes halogenated alkanes) is 1. The van der Waals surface area contributed by atoms with E-state index in [0.717, 1.165) is 75.8 Å². The number of allylic oxidation sites excluding steroid dienone is 1. The van der Waals surface area contributed by atoms with Gasteiger partial charge in [0.2, 0.25) is 0 Å². The van der Waals surface area contributed by atoms with Crippen LogP contribution in [-0.2, 0) is 39.0 Å². The molecule has 0 saturated carbocycles. The lowest BCUT2D eigenvalue weighted by Gasteiger charge is -2.09. The first kappa shape index (κ1) is 32.1. The Hall–Kier alpha value is -3.81. The van der Waals surface area contributed by atoms with Crippen LogP contribution in [0.3, 0.4) is 0 Å². The van der Waals surface area contributed by atoms with E-state index in [0.29, 0.717) is 19.0 Å². The van der Waals surface area contributed by atoms with Crippen molar-refractivity contribution in [3.8, 4) is 16.9 Å². The molecule has 3 aromatic carbocycles. The number of imidazole rings is 1. The standard InChI is InChI=1S/C36H42N2O4S/c1-5-7-18-41-19-20-42-34-14-11-31(12-15-34)32-22-27(3)21-30(23-32)8-13-33(39)24-29-9-16-35(17-10-29)43(40)25-36-28(4)37-26-38(36)6-2/h8-17,21-23,26H,5-7,18-20,24-25H2,1-4H3/b13-8+/t43-/m0/s1. The molecule has 0 aliphatic carbocycles. The van der Waals surface area contributed by atoms with Crippen molar-refractivity contribution in [3.63, 3.8) is 0 Å². The quantitative estimate of drug-likeness (QED) is 0.0986. The van der Waals surface area contributed by atoms with Crippen molar-refractivity contribution >= 4 is 22.7 Å².